The Morgan fingerprint density at radius 3 is 2.88 bits per heavy atom. The molecule has 5 aliphatic rings. The van der Waals surface area contributed by atoms with Crippen LogP contribution in [0.2, 0.25) is 0 Å². The fourth-order valence-corrected chi connectivity index (χ4v) is 7.87. The molecule has 1 amide bonds. The van der Waals surface area contributed by atoms with Crippen LogP contribution in [-0.2, 0) is 23.1 Å². The first-order valence-corrected chi connectivity index (χ1v) is 13.0. The lowest BCUT2D eigenvalue weighted by atomic mass is 9.48. The molecule has 3 aliphatic carbocycles. The number of furan rings is 1. The van der Waals surface area contributed by atoms with E-state index in [0.29, 0.717) is 19.3 Å². The first-order valence-electron chi connectivity index (χ1n) is 13.0. The molecule has 0 radical (unpaired) electrons. The van der Waals surface area contributed by atoms with E-state index in [4.69, 9.17) is 9.15 Å². The molecule has 1 N–H and O–H groups in total. The zero-order valence-electron chi connectivity index (χ0n) is 19.9. The van der Waals surface area contributed by atoms with Crippen LogP contribution in [0.4, 0.5) is 0 Å². The number of rotatable bonds is 6. The van der Waals surface area contributed by atoms with Crippen molar-refractivity contribution in [2.45, 2.75) is 80.6 Å². The SMILES string of the molecule is CN(C(=O)CCc1ccco1)[C@@H]1CC[C@@]2(O)[C@H]3Cc4cccc5c4[C@@]2(CCN3CC2CC2)[C@H]1O5. The van der Waals surface area contributed by atoms with E-state index in [1.807, 2.05) is 24.1 Å². The number of likely N-dealkylation sites (N-methyl/N-ethyl adjacent to an activating group) is 1. The van der Waals surface area contributed by atoms with Gasteiger partial charge in [-0.25, -0.2) is 0 Å². The summed E-state index contributed by atoms with van der Waals surface area (Å²) >= 11 is 0. The van der Waals surface area contributed by atoms with E-state index < -0.39 is 11.0 Å². The average molecular weight is 463 g/mol. The van der Waals surface area contributed by atoms with Gasteiger partial charge in [-0.3, -0.25) is 9.69 Å². The lowest BCUT2D eigenvalue weighted by molar-refractivity contribution is -0.200. The highest BCUT2D eigenvalue weighted by molar-refractivity contribution is 5.76. The van der Waals surface area contributed by atoms with Crippen molar-refractivity contribution in [1.82, 2.24) is 9.80 Å². The van der Waals surface area contributed by atoms with Crippen molar-refractivity contribution < 1.29 is 19.1 Å². The van der Waals surface area contributed by atoms with Gasteiger partial charge >= 0.3 is 0 Å². The van der Waals surface area contributed by atoms with Crippen LogP contribution in [0.15, 0.2) is 41.0 Å². The van der Waals surface area contributed by atoms with Gasteiger partial charge < -0.3 is 19.2 Å². The van der Waals surface area contributed by atoms with Crippen LogP contribution in [-0.4, -0.2) is 64.7 Å². The maximum absolute atomic E-state index is 13.3. The molecule has 3 fully saturated rings. The summed E-state index contributed by atoms with van der Waals surface area (Å²) < 4.78 is 12.1. The van der Waals surface area contributed by atoms with Crippen LogP contribution < -0.4 is 4.74 Å². The first-order chi connectivity index (χ1) is 16.5. The number of aryl methyl sites for hydroxylation is 1. The number of hydrogen-bond acceptors (Lipinski definition) is 5. The van der Waals surface area contributed by atoms with E-state index >= 15 is 0 Å². The van der Waals surface area contributed by atoms with Crippen molar-refractivity contribution in [3.05, 3.63) is 53.5 Å². The molecule has 2 saturated carbocycles. The molecule has 1 spiro atoms. The molecule has 2 bridgehead atoms. The predicted octanol–water partition coefficient (Wildman–Crippen LogP) is 3.30. The number of benzene rings is 1. The molecule has 34 heavy (non-hydrogen) atoms. The van der Waals surface area contributed by atoms with Gasteiger partial charge in [0.2, 0.25) is 5.91 Å². The normalized spacial score (nSPS) is 35.5. The molecule has 2 aliphatic heterocycles. The van der Waals surface area contributed by atoms with Crippen LogP contribution in [0.3, 0.4) is 0 Å². The zero-order chi connectivity index (χ0) is 23.1. The Kier molecular flexibility index (Phi) is 4.54. The Morgan fingerprint density at radius 2 is 2.09 bits per heavy atom. The monoisotopic (exact) mass is 462 g/mol. The number of carbonyl (C=O) groups is 1. The summed E-state index contributed by atoms with van der Waals surface area (Å²) in [6, 6.07) is 10.3. The lowest BCUT2D eigenvalue weighted by Crippen LogP contribution is -2.78. The average Bonchev–Trinajstić information content (AvgIpc) is 3.35. The molecule has 1 aromatic heterocycles. The van der Waals surface area contributed by atoms with Crippen molar-refractivity contribution >= 4 is 5.91 Å². The summed E-state index contributed by atoms with van der Waals surface area (Å²) in [6.45, 7) is 2.11. The number of amides is 1. The number of likely N-dealkylation sites (tertiary alicyclic amines) is 1. The van der Waals surface area contributed by atoms with E-state index in [2.05, 4.69) is 23.1 Å². The smallest absolute Gasteiger partial charge is 0.223 e. The minimum absolute atomic E-state index is 0.0432. The van der Waals surface area contributed by atoms with Gasteiger partial charge in [0.15, 0.2) is 0 Å². The van der Waals surface area contributed by atoms with Crippen molar-refractivity contribution in [1.29, 1.82) is 0 Å². The minimum atomic E-state index is -0.807. The second-order valence-corrected chi connectivity index (χ2v) is 11.3. The molecule has 2 aromatic rings. The molecular formula is C28H34N2O4. The summed E-state index contributed by atoms with van der Waals surface area (Å²) in [7, 11) is 1.92. The molecule has 1 aromatic carbocycles. The van der Waals surface area contributed by atoms with E-state index in [9.17, 15) is 9.90 Å². The Hall–Kier alpha value is -2.31. The molecule has 180 valence electrons. The highest BCUT2D eigenvalue weighted by Crippen LogP contribution is 2.64. The number of piperidine rings is 1. The molecule has 6 nitrogen and oxygen atoms in total. The largest absolute Gasteiger partial charge is 0.487 e. The van der Waals surface area contributed by atoms with E-state index in [-0.39, 0.29) is 24.1 Å². The highest BCUT2D eigenvalue weighted by atomic mass is 16.5. The van der Waals surface area contributed by atoms with Crippen LogP contribution in [0, 0.1) is 5.92 Å². The minimum Gasteiger partial charge on any atom is -0.487 e. The third kappa shape index (κ3) is 2.78. The fourth-order valence-electron chi connectivity index (χ4n) is 7.87. The third-order valence-corrected chi connectivity index (χ3v) is 9.69. The molecule has 7 rings (SSSR count). The first kappa shape index (κ1) is 21.0. The van der Waals surface area contributed by atoms with Crippen molar-refractivity contribution in [3.8, 4) is 5.75 Å². The Morgan fingerprint density at radius 1 is 1.21 bits per heavy atom. The molecule has 6 heteroatoms. The van der Waals surface area contributed by atoms with Crippen molar-refractivity contribution in [2.24, 2.45) is 5.92 Å². The molecule has 1 saturated heterocycles. The predicted molar refractivity (Wildman–Crippen MR) is 127 cm³/mol. The van der Waals surface area contributed by atoms with E-state index in [1.54, 1.807) is 6.26 Å². The summed E-state index contributed by atoms with van der Waals surface area (Å²) in [4.78, 5) is 17.8. The third-order valence-electron chi connectivity index (χ3n) is 9.69. The Bertz CT molecular complexity index is 1110. The number of carbonyl (C=O) groups excluding carboxylic acids is 1. The number of nitrogens with zero attached hydrogens (tertiary/aromatic N) is 2. The topological polar surface area (TPSA) is 66.2 Å². The van der Waals surface area contributed by atoms with Gasteiger partial charge in [-0.1, -0.05) is 12.1 Å². The second kappa shape index (κ2) is 7.34. The van der Waals surface area contributed by atoms with Gasteiger partial charge in [0.05, 0.1) is 23.3 Å². The molecule has 5 atom stereocenters. The number of aliphatic hydroxyl groups is 1. The standard InChI is InChI=1S/C28H34N2O4/c1-29(24(31)10-9-20-5-3-15-33-20)21-11-12-28(32)23-16-19-4-2-6-22-25(19)27(28,26(21)34-22)13-14-30(23)17-18-7-8-18/h2-6,15,18,21,23,26,32H,7-14,16-17H2,1H3/t21-,23-,26+,27+,28-/m1/s1. The van der Waals surface area contributed by atoms with E-state index in [0.717, 1.165) is 49.8 Å². The number of hydrogen-bond donors (Lipinski definition) is 1. The summed E-state index contributed by atoms with van der Waals surface area (Å²) in [6.07, 6.45) is 8.40. The Labute approximate surface area is 200 Å². The molecule has 3 heterocycles. The van der Waals surface area contributed by atoms with Gasteiger partial charge in [0, 0.05) is 38.0 Å². The van der Waals surface area contributed by atoms with Gasteiger partial charge in [-0.05, 0) is 74.8 Å². The fraction of sp³-hybridized carbons (Fsp3) is 0.607. The van der Waals surface area contributed by atoms with Crippen molar-refractivity contribution in [2.75, 3.05) is 20.1 Å². The highest BCUT2D eigenvalue weighted by Gasteiger charge is 2.73. The van der Waals surface area contributed by atoms with Crippen molar-refractivity contribution in [3.63, 3.8) is 0 Å². The van der Waals surface area contributed by atoms with Gasteiger partial charge in [-0.15, -0.1) is 0 Å². The zero-order valence-corrected chi connectivity index (χ0v) is 19.9. The van der Waals surface area contributed by atoms with Crippen LogP contribution in [0.5, 0.6) is 5.75 Å². The van der Waals surface area contributed by atoms with Crippen LogP contribution >= 0.6 is 0 Å². The van der Waals surface area contributed by atoms with Gasteiger partial charge in [0.25, 0.3) is 0 Å². The Balaban J connectivity index is 1.23. The second-order valence-electron chi connectivity index (χ2n) is 11.3. The lowest BCUT2D eigenvalue weighted by Gasteiger charge is -2.64. The maximum Gasteiger partial charge on any atom is 0.223 e. The quantitative estimate of drug-likeness (QED) is 0.714. The van der Waals surface area contributed by atoms with Gasteiger partial charge in [0.1, 0.15) is 17.6 Å². The van der Waals surface area contributed by atoms with Crippen LogP contribution in [0.25, 0.3) is 0 Å². The van der Waals surface area contributed by atoms with Crippen LogP contribution in [0.1, 0.15) is 55.4 Å². The molecular weight excluding hydrogens is 428 g/mol. The number of ether oxygens (including phenoxy) is 1. The van der Waals surface area contributed by atoms with Gasteiger partial charge in [-0.2, -0.15) is 0 Å². The summed E-state index contributed by atoms with van der Waals surface area (Å²) in [5.41, 5.74) is 1.34. The summed E-state index contributed by atoms with van der Waals surface area (Å²) in [5, 5.41) is 12.5. The molecule has 0 unspecified atom stereocenters. The maximum atomic E-state index is 13.3. The van der Waals surface area contributed by atoms with E-state index in [1.165, 1.54) is 24.0 Å². The summed E-state index contributed by atoms with van der Waals surface area (Å²) in [5.74, 6) is 2.68.